The van der Waals surface area contributed by atoms with Crippen molar-refractivity contribution >= 4 is 42.8 Å². The minimum absolute atomic E-state index is 0.135. The zero-order valence-corrected chi connectivity index (χ0v) is 25.7. The number of benzene rings is 5. The molecule has 0 radical (unpaired) electrons. The van der Waals surface area contributed by atoms with Crippen LogP contribution in [-0.2, 0) is 22.4 Å². The second-order valence-corrected chi connectivity index (χ2v) is 13.1. The molecule has 0 N–H and O–H groups in total. The predicted molar refractivity (Wildman–Crippen MR) is 175 cm³/mol. The molecule has 43 heavy (non-hydrogen) atoms. The van der Waals surface area contributed by atoms with Crippen molar-refractivity contribution in [2.45, 2.75) is 0 Å². The fourth-order valence-corrected chi connectivity index (χ4v) is 8.64. The molecule has 6 heteroatoms. The van der Waals surface area contributed by atoms with E-state index in [1.807, 2.05) is 6.20 Å². The van der Waals surface area contributed by atoms with Crippen LogP contribution in [0.4, 0.5) is 11.4 Å². The van der Waals surface area contributed by atoms with Gasteiger partial charge in [0.05, 0.1) is 0 Å². The number of hydrogen-bond acceptors (Lipinski definition) is 4. The second-order valence-electron chi connectivity index (χ2n) is 10.5. The van der Waals surface area contributed by atoms with Gasteiger partial charge in [-0.15, -0.1) is 0 Å². The van der Waals surface area contributed by atoms with Gasteiger partial charge in [0.1, 0.15) is 0 Å². The van der Waals surface area contributed by atoms with E-state index in [1.165, 1.54) is 31.9 Å². The summed E-state index contributed by atoms with van der Waals surface area (Å²) in [5.41, 5.74) is 10.2. The van der Waals surface area contributed by atoms with Crippen molar-refractivity contribution in [2.24, 2.45) is 0 Å². The summed E-state index contributed by atoms with van der Waals surface area (Å²) in [6, 6.07) is 48.8. The Hall–Kier alpha value is -4.73. The first-order chi connectivity index (χ1) is 21.2. The maximum atomic E-state index is 6.11. The molecule has 5 aromatic rings. The first-order valence-electron chi connectivity index (χ1n) is 14.2. The number of rotatable bonds is 3. The molecule has 0 aliphatic carbocycles. The van der Waals surface area contributed by atoms with E-state index in [2.05, 4.69) is 162 Å². The van der Waals surface area contributed by atoms with Crippen LogP contribution in [0.3, 0.4) is 0 Å². The number of hydrogen-bond donors (Lipinski definition) is 0. The van der Waals surface area contributed by atoms with E-state index >= 15 is 0 Å². The molecular weight excluding hydrogens is 708 g/mol. The van der Waals surface area contributed by atoms with Crippen molar-refractivity contribution in [3.63, 3.8) is 0 Å². The van der Waals surface area contributed by atoms with Crippen molar-refractivity contribution in [3.8, 4) is 22.3 Å². The molecule has 0 saturated carbocycles. The van der Waals surface area contributed by atoms with Crippen LogP contribution >= 0.6 is 0 Å². The fraction of sp³-hybridized carbons (Fsp3) is 0.0270. The summed E-state index contributed by atoms with van der Waals surface area (Å²) in [4.78, 5) is 6.62. The number of fused-ring (bicyclic) bond motifs is 8. The van der Waals surface area contributed by atoms with Crippen LogP contribution in [0.25, 0.3) is 22.3 Å². The second kappa shape index (κ2) is 10.8. The van der Waals surface area contributed by atoms with Gasteiger partial charge >= 0.3 is 261 Å². The molecule has 0 saturated heterocycles. The molecule has 4 nitrogen and oxygen atoms in total. The Morgan fingerprint density at radius 1 is 0.605 bits per heavy atom. The fourth-order valence-electron chi connectivity index (χ4n) is 5.92. The van der Waals surface area contributed by atoms with Crippen molar-refractivity contribution in [1.29, 1.82) is 0 Å². The maximum absolute atomic E-state index is 6.11. The van der Waals surface area contributed by atoms with Crippen molar-refractivity contribution in [3.05, 3.63) is 152 Å². The summed E-state index contributed by atoms with van der Waals surface area (Å²) in [6.07, 6.45) is 8.05. The molecule has 0 unspecified atom stereocenters. The van der Waals surface area contributed by atoms with Gasteiger partial charge in [0.15, 0.2) is 0 Å². The molecule has 3 aliphatic heterocycles. The molecule has 0 amide bonds. The predicted octanol–water partition coefficient (Wildman–Crippen LogP) is 4.94. The van der Waals surface area contributed by atoms with Crippen molar-refractivity contribution < 1.29 is 22.4 Å². The first-order valence-corrected chi connectivity index (χ1v) is 16.5. The summed E-state index contributed by atoms with van der Waals surface area (Å²) in [6.45, 7) is -0.135. The van der Waals surface area contributed by atoms with Gasteiger partial charge in [0.25, 0.3) is 0 Å². The SMILES string of the molecule is CN1C=CN2[C]1=[Pt]=[C]1OC=CN1c1[c-]c(ccc1)B(c1c(-c3ccccc3)cccc1-c1ccccc1)c1[c-]c2ccc1. The van der Waals surface area contributed by atoms with E-state index in [1.54, 1.807) is 6.26 Å². The van der Waals surface area contributed by atoms with Gasteiger partial charge in [0, 0.05) is 0 Å². The van der Waals surface area contributed by atoms with Gasteiger partial charge in [0.2, 0.25) is 0 Å². The van der Waals surface area contributed by atoms with Crippen LogP contribution in [0.5, 0.6) is 0 Å². The summed E-state index contributed by atoms with van der Waals surface area (Å²) < 4.78 is 8.27. The van der Waals surface area contributed by atoms with Crippen LogP contribution in [0.15, 0.2) is 140 Å². The number of ether oxygens (including phenoxy) is 1. The monoisotopic (exact) mass is 734 g/mol. The normalized spacial score (nSPS) is 15.4. The first kappa shape index (κ1) is 25.9. The van der Waals surface area contributed by atoms with Gasteiger partial charge in [-0.2, -0.15) is 0 Å². The molecule has 8 rings (SSSR count). The number of nitrogens with zero attached hydrogens (tertiary/aromatic N) is 3. The molecule has 3 heterocycles. The molecule has 4 bridgehead atoms. The van der Waals surface area contributed by atoms with E-state index < -0.39 is 17.6 Å². The van der Waals surface area contributed by atoms with E-state index in [0.717, 1.165) is 26.5 Å². The van der Waals surface area contributed by atoms with Gasteiger partial charge in [-0.25, -0.2) is 0 Å². The van der Waals surface area contributed by atoms with Crippen LogP contribution in [0, 0.1) is 12.1 Å². The molecule has 0 spiro atoms. The topological polar surface area (TPSA) is 19.0 Å². The van der Waals surface area contributed by atoms with Gasteiger partial charge in [-0.3, -0.25) is 0 Å². The third-order valence-electron chi connectivity index (χ3n) is 7.88. The molecule has 5 aromatic carbocycles. The Morgan fingerprint density at radius 3 is 1.81 bits per heavy atom. The Balaban J connectivity index is 1.46. The minimum atomic E-state index is -0.662. The number of anilines is 2. The molecule has 210 valence electrons. The molecular formula is C37H26BN3OPt-2. The summed E-state index contributed by atoms with van der Waals surface area (Å²) in [5.74, 6) is 0. The average molecular weight is 735 g/mol. The van der Waals surface area contributed by atoms with E-state index in [0.29, 0.717) is 0 Å². The van der Waals surface area contributed by atoms with Crippen LogP contribution in [-0.4, -0.2) is 27.0 Å². The Kier molecular flexibility index (Phi) is 6.54. The van der Waals surface area contributed by atoms with Crippen LogP contribution < -0.4 is 26.2 Å². The standard InChI is InChI=1S/C37H26BN3O.Pt/c1-39-21-22-40(27-39)33-17-8-15-31(25-33)38(32-16-9-18-34(26-32)41-23-24-42-28-41)37-35(29-11-4-2-5-12-29)19-10-20-36(37)30-13-6-3-7-14-30;/h2-24H,1H3;/q-2;. The average Bonchev–Trinajstić information content (AvgIpc) is 3.68. The zero-order valence-electron chi connectivity index (χ0n) is 23.4. The van der Waals surface area contributed by atoms with Gasteiger partial charge in [-0.1, -0.05) is 0 Å². The Labute approximate surface area is 260 Å². The van der Waals surface area contributed by atoms with Crippen LogP contribution in [0.2, 0.25) is 0 Å². The van der Waals surface area contributed by atoms with Crippen LogP contribution in [0.1, 0.15) is 0 Å². The molecule has 3 aliphatic rings. The summed E-state index contributed by atoms with van der Waals surface area (Å²) >= 11 is -0.662. The van der Waals surface area contributed by atoms with Gasteiger partial charge in [-0.05, 0) is 0 Å². The van der Waals surface area contributed by atoms with Crippen molar-refractivity contribution in [1.82, 2.24) is 4.90 Å². The zero-order chi connectivity index (χ0) is 28.8. The molecule has 0 aromatic heterocycles. The van der Waals surface area contributed by atoms with E-state index in [4.69, 9.17) is 4.74 Å². The van der Waals surface area contributed by atoms with E-state index in [9.17, 15) is 0 Å². The van der Waals surface area contributed by atoms with Crippen molar-refractivity contribution in [2.75, 3.05) is 16.8 Å². The summed E-state index contributed by atoms with van der Waals surface area (Å²) in [7, 11) is 2.10. The molecule has 0 atom stereocenters. The Morgan fingerprint density at radius 2 is 1.19 bits per heavy atom. The van der Waals surface area contributed by atoms with Gasteiger partial charge < -0.3 is 0 Å². The third-order valence-corrected chi connectivity index (χ3v) is 11.0. The van der Waals surface area contributed by atoms with E-state index in [-0.39, 0.29) is 6.71 Å². The Bertz CT molecular complexity index is 1920. The quantitative estimate of drug-likeness (QED) is 0.193. The molecule has 0 fully saturated rings. The third kappa shape index (κ3) is 4.61. The summed E-state index contributed by atoms with van der Waals surface area (Å²) in [5, 5.41) is 0.